The van der Waals surface area contributed by atoms with E-state index in [2.05, 4.69) is 15.6 Å². The van der Waals surface area contributed by atoms with Crippen LogP contribution in [0.5, 0.6) is 0 Å². The minimum absolute atomic E-state index is 0.137. The predicted octanol–water partition coefficient (Wildman–Crippen LogP) is 1.06. The monoisotopic (exact) mass is 235 g/mol. The van der Waals surface area contributed by atoms with Crippen LogP contribution in [0.4, 0.5) is 4.79 Å². The number of ether oxygens (including phenoxy) is 1. The second kappa shape index (κ2) is 6.20. The number of nitrogens with one attached hydrogen (secondary N) is 2. The Morgan fingerprint density at radius 3 is 2.94 bits per heavy atom. The molecule has 1 aliphatic rings. The number of urea groups is 1. The van der Waals surface area contributed by atoms with E-state index in [-0.39, 0.29) is 12.1 Å². The topological polar surface area (TPSA) is 63.2 Å². The van der Waals surface area contributed by atoms with E-state index in [1.165, 1.54) is 0 Å². The van der Waals surface area contributed by atoms with Crippen molar-refractivity contribution in [2.24, 2.45) is 0 Å². The third-order valence-electron chi connectivity index (χ3n) is 2.71. The van der Waals surface area contributed by atoms with E-state index in [1.807, 2.05) is 18.2 Å². The summed E-state index contributed by atoms with van der Waals surface area (Å²) in [5, 5.41) is 5.72. The second-order valence-corrected chi connectivity index (χ2v) is 4.03. The van der Waals surface area contributed by atoms with Gasteiger partial charge >= 0.3 is 6.03 Å². The van der Waals surface area contributed by atoms with Gasteiger partial charge in [0.25, 0.3) is 0 Å². The van der Waals surface area contributed by atoms with Crippen molar-refractivity contribution in [1.29, 1.82) is 0 Å². The van der Waals surface area contributed by atoms with Gasteiger partial charge in [-0.2, -0.15) is 0 Å². The van der Waals surface area contributed by atoms with Gasteiger partial charge < -0.3 is 15.4 Å². The van der Waals surface area contributed by atoms with Gasteiger partial charge in [-0.05, 0) is 25.0 Å². The lowest BCUT2D eigenvalue weighted by molar-refractivity contribution is 0.0800. The number of carbonyl (C=O) groups is 1. The summed E-state index contributed by atoms with van der Waals surface area (Å²) in [5.74, 6) is 0. The zero-order valence-electron chi connectivity index (χ0n) is 9.69. The van der Waals surface area contributed by atoms with Gasteiger partial charge in [0.2, 0.25) is 0 Å². The average molecular weight is 235 g/mol. The van der Waals surface area contributed by atoms with Crippen molar-refractivity contribution in [3.63, 3.8) is 0 Å². The fourth-order valence-electron chi connectivity index (χ4n) is 1.75. The SMILES string of the molecule is O=C(NCc1ccccn1)NC1CCOCC1. The molecule has 0 radical (unpaired) electrons. The number of carbonyl (C=O) groups excluding carboxylic acids is 1. The van der Waals surface area contributed by atoms with Crippen LogP contribution in [0.2, 0.25) is 0 Å². The van der Waals surface area contributed by atoms with Crippen molar-refractivity contribution in [3.8, 4) is 0 Å². The minimum atomic E-state index is -0.137. The lowest BCUT2D eigenvalue weighted by Crippen LogP contribution is -2.44. The van der Waals surface area contributed by atoms with Gasteiger partial charge in [-0.25, -0.2) is 4.79 Å². The van der Waals surface area contributed by atoms with E-state index in [0.29, 0.717) is 6.54 Å². The van der Waals surface area contributed by atoms with Crippen molar-refractivity contribution in [2.75, 3.05) is 13.2 Å². The maximum absolute atomic E-state index is 11.6. The highest BCUT2D eigenvalue weighted by Crippen LogP contribution is 2.05. The van der Waals surface area contributed by atoms with Gasteiger partial charge in [0.15, 0.2) is 0 Å². The van der Waals surface area contributed by atoms with Crippen molar-refractivity contribution < 1.29 is 9.53 Å². The molecule has 2 rings (SSSR count). The van der Waals surface area contributed by atoms with Crippen LogP contribution in [-0.2, 0) is 11.3 Å². The Balaban J connectivity index is 1.70. The van der Waals surface area contributed by atoms with Crippen LogP contribution in [0.25, 0.3) is 0 Å². The number of amides is 2. The Labute approximate surface area is 101 Å². The first kappa shape index (κ1) is 11.9. The molecule has 0 spiro atoms. The summed E-state index contributed by atoms with van der Waals surface area (Å²) < 4.78 is 5.23. The molecule has 0 aliphatic carbocycles. The molecule has 0 unspecified atom stereocenters. The number of rotatable bonds is 3. The maximum atomic E-state index is 11.6. The third kappa shape index (κ3) is 4.03. The van der Waals surface area contributed by atoms with Crippen LogP contribution in [0.15, 0.2) is 24.4 Å². The Morgan fingerprint density at radius 2 is 2.24 bits per heavy atom. The normalized spacial score (nSPS) is 16.5. The number of hydrogen-bond donors (Lipinski definition) is 2. The minimum Gasteiger partial charge on any atom is -0.381 e. The first-order valence-electron chi connectivity index (χ1n) is 5.86. The smallest absolute Gasteiger partial charge is 0.315 e. The molecule has 17 heavy (non-hydrogen) atoms. The Morgan fingerprint density at radius 1 is 1.41 bits per heavy atom. The molecular weight excluding hydrogens is 218 g/mol. The Kier molecular flexibility index (Phi) is 4.32. The molecule has 0 atom stereocenters. The fraction of sp³-hybridized carbons (Fsp3) is 0.500. The van der Waals surface area contributed by atoms with Gasteiger partial charge in [-0.3, -0.25) is 4.98 Å². The van der Waals surface area contributed by atoms with Crippen molar-refractivity contribution in [1.82, 2.24) is 15.6 Å². The fourth-order valence-corrected chi connectivity index (χ4v) is 1.75. The summed E-state index contributed by atoms with van der Waals surface area (Å²) in [4.78, 5) is 15.7. The summed E-state index contributed by atoms with van der Waals surface area (Å²) in [6.07, 6.45) is 3.49. The molecular formula is C12H17N3O2. The second-order valence-electron chi connectivity index (χ2n) is 4.03. The predicted molar refractivity (Wildman–Crippen MR) is 63.4 cm³/mol. The molecule has 1 aromatic heterocycles. The molecule has 1 saturated heterocycles. The Hall–Kier alpha value is -1.62. The Bertz CT molecular complexity index is 350. The van der Waals surface area contributed by atoms with Crippen LogP contribution in [0.3, 0.4) is 0 Å². The van der Waals surface area contributed by atoms with Crippen LogP contribution in [0, 0.1) is 0 Å². The molecule has 1 fully saturated rings. The third-order valence-corrected chi connectivity index (χ3v) is 2.71. The van der Waals surface area contributed by atoms with Crippen LogP contribution >= 0.6 is 0 Å². The average Bonchev–Trinajstić information content (AvgIpc) is 2.39. The lowest BCUT2D eigenvalue weighted by Gasteiger charge is -2.23. The largest absolute Gasteiger partial charge is 0.381 e. The summed E-state index contributed by atoms with van der Waals surface area (Å²) in [5.41, 5.74) is 0.856. The maximum Gasteiger partial charge on any atom is 0.315 e. The van der Waals surface area contributed by atoms with Crippen LogP contribution < -0.4 is 10.6 Å². The highest BCUT2D eigenvalue weighted by molar-refractivity contribution is 5.74. The molecule has 2 amide bonds. The van der Waals surface area contributed by atoms with Crippen LogP contribution in [-0.4, -0.2) is 30.3 Å². The summed E-state index contributed by atoms with van der Waals surface area (Å²) >= 11 is 0. The molecule has 2 N–H and O–H groups in total. The number of pyridine rings is 1. The van der Waals surface area contributed by atoms with E-state index in [0.717, 1.165) is 31.7 Å². The van der Waals surface area contributed by atoms with Gasteiger partial charge in [0, 0.05) is 25.5 Å². The molecule has 1 aliphatic heterocycles. The highest BCUT2D eigenvalue weighted by Gasteiger charge is 2.15. The molecule has 1 aromatic rings. The van der Waals surface area contributed by atoms with E-state index >= 15 is 0 Å². The number of aromatic nitrogens is 1. The van der Waals surface area contributed by atoms with Crippen LogP contribution in [0.1, 0.15) is 18.5 Å². The first-order valence-corrected chi connectivity index (χ1v) is 5.86. The van der Waals surface area contributed by atoms with Crippen molar-refractivity contribution in [3.05, 3.63) is 30.1 Å². The molecule has 0 bridgehead atoms. The summed E-state index contributed by atoms with van der Waals surface area (Å²) in [7, 11) is 0. The summed E-state index contributed by atoms with van der Waals surface area (Å²) in [6, 6.07) is 5.73. The number of nitrogens with zero attached hydrogens (tertiary/aromatic N) is 1. The van der Waals surface area contributed by atoms with Crippen molar-refractivity contribution >= 4 is 6.03 Å². The number of hydrogen-bond acceptors (Lipinski definition) is 3. The van der Waals surface area contributed by atoms with Crippen molar-refractivity contribution in [2.45, 2.75) is 25.4 Å². The van der Waals surface area contributed by atoms with E-state index in [4.69, 9.17) is 4.74 Å². The van der Waals surface area contributed by atoms with E-state index < -0.39 is 0 Å². The molecule has 92 valence electrons. The quantitative estimate of drug-likeness (QED) is 0.823. The van der Waals surface area contributed by atoms with Gasteiger partial charge in [0.1, 0.15) is 0 Å². The first-order chi connectivity index (χ1) is 8.34. The van der Waals surface area contributed by atoms with Gasteiger partial charge in [-0.1, -0.05) is 6.07 Å². The molecule has 0 saturated carbocycles. The molecule has 0 aromatic carbocycles. The highest BCUT2D eigenvalue weighted by atomic mass is 16.5. The zero-order valence-corrected chi connectivity index (χ0v) is 9.69. The van der Waals surface area contributed by atoms with Gasteiger partial charge in [0.05, 0.1) is 12.2 Å². The molecule has 5 heteroatoms. The van der Waals surface area contributed by atoms with E-state index in [1.54, 1.807) is 6.20 Å². The molecule has 5 nitrogen and oxygen atoms in total. The van der Waals surface area contributed by atoms with Gasteiger partial charge in [-0.15, -0.1) is 0 Å². The van der Waals surface area contributed by atoms with E-state index in [9.17, 15) is 4.79 Å². The summed E-state index contributed by atoms with van der Waals surface area (Å²) in [6.45, 7) is 1.91. The lowest BCUT2D eigenvalue weighted by atomic mass is 10.1. The zero-order chi connectivity index (χ0) is 11.9. The molecule has 2 heterocycles. The standard InChI is InChI=1S/C12H17N3O2/c16-12(15-10-4-7-17-8-5-10)14-9-11-3-1-2-6-13-11/h1-3,6,10H,4-5,7-9H2,(H2,14,15,16).